The van der Waals surface area contributed by atoms with Crippen LogP contribution in [0, 0.1) is 5.82 Å². The van der Waals surface area contributed by atoms with Crippen molar-refractivity contribution in [2.45, 2.75) is 12.5 Å². The summed E-state index contributed by atoms with van der Waals surface area (Å²) >= 11 is 7.38. The van der Waals surface area contributed by atoms with Crippen LogP contribution in [-0.2, 0) is 6.42 Å². The van der Waals surface area contributed by atoms with E-state index in [2.05, 4.69) is 0 Å². The summed E-state index contributed by atoms with van der Waals surface area (Å²) in [6.45, 7) is 0. The summed E-state index contributed by atoms with van der Waals surface area (Å²) in [7, 11) is 0. The fourth-order valence-electron chi connectivity index (χ4n) is 2.29. The molecule has 0 saturated carbocycles. The number of thiophene rings is 1. The Morgan fingerprint density at radius 2 is 1.95 bits per heavy atom. The van der Waals surface area contributed by atoms with Crippen LogP contribution in [-0.4, -0.2) is 5.11 Å². The lowest BCUT2D eigenvalue weighted by molar-refractivity contribution is 0.174. The van der Waals surface area contributed by atoms with Crippen LogP contribution < -0.4 is 0 Å². The lowest BCUT2D eigenvalue weighted by atomic mass is 10.0. The number of halogens is 2. The maximum absolute atomic E-state index is 13.9. The van der Waals surface area contributed by atoms with E-state index in [0.717, 1.165) is 10.9 Å². The van der Waals surface area contributed by atoms with Crippen molar-refractivity contribution in [1.82, 2.24) is 0 Å². The van der Waals surface area contributed by atoms with E-state index < -0.39 is 11.9 Å². The lowest BCUT2D eigenvalue weighted by Gasteiger charge is -2.12. The van der Waals surface area contributed by atoms with Crippen molar-refractivity contribution in [3.8, 4) is 0 Å². The molecule has 0 saturated heterocycles. The molecule has 2 aromatic carbocycles. The van der Waals surface area contributed by atoms with Crippen LogP contribution >= 0.6 is 22.9 Å². The molecule has 1 aromatic heterocycles. The molecular weight excluding hydrogens is 295 g/mol. The topological polar surface area (TPSA) is 20.2 Å². The zero-order valence-electron chi connectivity index (χ0n) is 10.5. The highest BCUT2D eigenvalue weighted by Gasteiger charge is 2.17. The molecule has 0 aliphatic rings. The normalized spacial score (nSPS) is 12.8. The monoisotopic (exact) mass is 306 g/mol. The van der Waals surface area contributed by atoms with E-state index in [1.165, 1.54) is 10.8 Å². The predicted octanol–water partition coefficient (Wildman–Crippen LogP) is 4.97. The quantitative estimate of drug-likeness (QED) is 0.724. The van der Waals surface area contributed by atoms with E-state index in [1.807, 2.05) is 29.6 Å². The highest BCUT2D eigenvalue weighted by molar-refractivity contribution is 7.17. The van der Waals surface area contributed by atoms with Gasteiger partial charge in [-0.2, -0.15) is 0 Å². The third kappa shape index (κ3) is 2.44. The van der Waals surface area contributed by atoms with Gasteiger partial charge in [0.1, 0.15) is 5.82 Å². The van der Waals surface area contributed by atoms with Gasteiger partial charge >= 0.3 is 0 Å². The first-order chi connectivity index (χ1) is 9.66. The van der Waals surface area contributed by atoms with Gasteiger partial charge in [0.05, 0.1) is 11.1 Å². The average molecular weight is 307 g/mol. The highest BCUT2D eigenvalue weighted by Crippen LogP contribution is 2.31. The molecule has 0 fully saturated rings. The molecule has 4 heteroatoms. The van der Waals surface area contributed by atoms with Gasteiger partial charge in [-0.3, -0.25) is 0 Å². The maximum Gasteiger partial charge on any atom is 0.147 e. The fourth-order valence-corrected chi connectivity index (χ4v) is 3.44. The Balaban J connectivity index is 1.92. The molecule has 1 nitrogen and oxygen atoms in total. The van der Waals surface area contributed by atoms with E-state index in [-0.39, 0.29) is 10.6 Å². The molecule has 3 rings (SSSR count). The standard InChI is InChI=1S/C16H12ClFOS/c17-13-6-3-5-12(16(13)18)14(19)8-10-9-20-15-7-2-1-4-11(10)15/h1-7,9,14,19H,8H2. The Kier molecular flexibility index (Phi) is 3.74. The van der Waals surface area contributed by atoms with Gasteiger partial charge in [-0.1, -0.05) is 41.9 Å². The molecule has 0 aliphatic carbocycles. The van der Waals surface area contributed by atoms with E-state index in [4.69, 9.17) is 11.6 Å². The van der Waals surface area contributed by atoms with Gasteiger partial charge in [-0.15, -0.1) is 11.3 Å². The van der Waals surface area contributed by atoms with Crippen molar-refractivity contribution in [3.05, 3.63) is 69.8 Å². The molecule has 1 atom stereocenters. The zero-order valence-corrected chi connectivity index (χ0v) is 12.1. The minimum Gasteiger partial charge on any atom is -0.388 e. The number of aliphatic hydroxyl groups excluding tert-OH is 1. The lowest BCUT2D eigenvalue weighted by Crippen LogP contribution is -2.04. The van der Waals surface area contributed by atoms with Gasteiger partial charge in [0.25, 0.3) is 0 Å². The zero-order chi connectivity index (χ0) is 14.1. The first-order valence-corrected chi connectivity index (χ1v) is 7.49. The predicted molar refractivity (Wildman–Crippen MR) is 81.9 cm³/mol. The largest absolute Gasteiger partial charge is 0.388 e. The second kappa shape index (κ2) is 5.52. The van der Waals surface area contributed by atoms with Gasteiger partial charge in [0.15, 0.2) is 0 Å². The second-order valence-corrected chi connectivity index (χ2v) is 5.94. The molecule has 0 bridgehead atoms. The van der Waals surface area contributed by atoms with Crippen molar-refractivity contribution in [2.24, 2.45) is 0 Å². The first-order valence-electron chi connectivity index (χ1n) is 6.24. The SMILES string of the molecule is OC(Cc1csc2ccccc12)c1cccc(Cl)c1F. The van der Waals surface area contributed by atoms with E-state index >= 15 is 0 Å². The highest BCUT2D eigenvalue weighted by atomic mass is 35.5. The first kappa shape index (κ1) is 13.6. The van der Waals surface area contributed by atoms with Crippen molar-refractivity contribution in [3.63, 3.8) is 0 Å². The Hall–Kier alpha value is -1.42. The van der Waals surface area contributed by atoms with Crippen LogP contribution in [0.1, 0.15) is 17.2 Å². The Morgan fingerprint density at radius 3 is 2.80 bits per heavy atom. The van der Waals surface area contributed by atoms with Gasteiger partial charge in [-0.05, 0) is 28.5 Å². The number of benzene rings is 2. The summed E-state index contributed by atoms with van der Waals surface area (Å²) in [5.74, 6) is -0.541. The summed E-state index contributed by atoms with van der Waals surface area (Å²) in [6, 6.07) is 12.7. The number of hydrogen-bond acceptors (Lipinski definition) is 2. The molecule has 1 N–H and O–H groups in total. The van der Waals surface area contributed by atoms with Gasteiger partial charge < -0.3 is 5.11 Å². The average Bonchev–Trinajstić information content (AvgIpc) is 2.85. The molecular formula is C16H12ClFOS. The molecule has 1 heterocycles. The molecule has 3 aromatic rings. The number of aliphatic hydroxyl groups is 1. The molecule has 1 unspecified atom stereocenters. The summed E-state index contributed by atoms with van der Waals surface area (Å²) < 4.78 is 15.1. The molecule has 0 radical (unpaired) electrons. The van der Waals surface area contributed by atoms with Crippen LogP contribution in [0.5, 0.6) is 0 Å². The number of rotatable bonds is 3. The van der Waals surface area contributed by atoms with Crippen molar-refractivity contribution < 1.29 is 9.50 Å². The Morgan fingerprint density at radius 1 is 1.15 bits per heavy atom. The summed E-state index contributed by atoms with van der Waals surface area (Å²) in [6.07, 6.45) is -0.520. The molecule has 0 aliphatic heterocycles. The van der Waals surface area contributed by atoms with Gasteiger partial charge in [-0.25, -0.2) is 4.39 Å². The third-order valence-corrected chi connectivity index (χ3v) is 4.62. The number of hydrogen-bond donors (Lipinski definition) is 1. The van der Waals surface area contributed by atoms with Crippen molar-refractivity contribution in [1.29, 1.82) is 0 Å². The van der Waals surface area contributed by atoms with E-state index in [1.54, 1.807) is 23.5 Å². The van der Waals surface area contributed by atoms with Gasteiger partial charge in [0.2, 0.25) is 0 Å². The minimum absolute atomic E-state index is 0.0386. The Labute approximate surface area is 125 Å². The van der Waals surface area contributed by atoms with Gasteiger partial charge in [0, 0.05) is 16.7 Å². The summed E-state index contributed by atoms with van der Waals surface area (Å²) in [4.78, 5) is 0. The second-order valence-electron chi connectivity index (χ2n) is 4.62. The van der Waals surface area contributed by atoms with Crippen LogP contribution in [0.3, 0.4) is 0 Å². The molecule has 0 spiro atoms. The van der Waals surface area contributed by atoms with E-state index in [0.29, 0.717) is 6.42 Å². The van der Waals surface area contributed by atoms with Crippen LogP contribution in [0.2, 0.25) is 5.02 Å². The fraction of sp³-hybridized carbons (Fsp3) is 0.125. The molecule has 0 amide bonds. The maximum atomic E-state index is 13.9. The molecule has 102 valence electrons. The van der Waals surface area contributed by atoms with Crippen molar-refractivity contribution in [2.75, 3.05) is 0 Å². The minimum atomic E-state index is -0.897. The van der Waals surface area contributed by atoms with Crippen LogP contribution in [0.25, 0.3) is 10.1 Å². The summed E-state index contributed by atoms with van der Waals surface area (Å²) in [5, 5.41) is 13.4. The van der Waals surface area contributed by atoms with Crippen molar-refractivity contribution >= 4 is 33.0 Å². The third-order valence-electron chi connectivity index (χ3n) is 3.31. The Bertz CT molecular complexity index is 753. The smallest absolute Gasteiger partial charge is 0.147 e. The van der Waals surface area contributed by atoms with Crippen LogP contribution in [0.4, 0.5) is 4.39 Å². The molecule has 20 heavy (non-hydrogen) atoms. The van der Waals surface area contributed by atoms with E-state index in [9.17, 15) is 9.50 Å². The van der Waals surface area contributed by atoms with Crippen LogP contribution in [0.15, 0.2) is 47.8 Å². The number of fused-ring (bicyclic) bond motifs is 1. The summed E-state index contributed by atoms with van der Waals surface area (Å²) in [5.41, 5.74) is 1.27.